The van der Waals surface area contributed by atoms with E-state index in [-0.39, 0.29) is 5.41 Å². The van der Waals surface area contributed by atoms with Crippen LogP contribution in [0, 0.1) is 0 Å². The van der Waals surface area contributed by atoms with E-state index in [0.29, 0.717) is 0 Å². The molecule has 1 aromatic carbocycles. The summed E-state index contributed by atoms with van der Waals surface area (Å²) in [5, 5.41) is 0. The lowest BCUT2D eigenvalue weighted by atomic mass is 9.79. The Morgan fingerprint density at radius 2 is 1.36 bits per heavy atom. The molecule has 0 N–H and O–H groups in total. The molecule has 0 saturated carbocycles. The Morgan fingerprint density at radius 3 is 1.88 bits per heavy atom. The van der Waals surface area contributed by atoms with Gasteiger partial charge in [-0.05, 0) is 23.5 Å². The van der Waals surface area contributed by atoms with Crippen LogP contribution < -0.4 is 0 Å². The van der Waals surface area contributed by atoms with Gasteiger partial charge >= 0.3 is 0 Å². The van der Waals surface area contributed by atoms with Crippen molar-refractivity contribution in [2.24, 2.45) is 0 Å². The monoisotopic (exact) mass is 352 g/mol. The summed E-state index contributed by atoms with van der Waals surface area (Å²) in [4.78, 5) is 0. The average Bonchev–Trinajstić information content (AvgIpc) is 2.61. The minimum absolute atomic E-state index is 0.0999. The lowest BCUT2D eigenvalue weighted by Gasteiger charge is -2.29. The zero-order chi connectivity index (χ0) is 18.9. The highest BCUT2D eigenvalue weighted by Crippen LogP contribution is 2.35. The molecular formula is C21H36O4. The quantitative estimate of drug-likeness (QED) is 0.367. The minimum atomic E-state index is -0.446. The van der Waals surface area contributed by atoms with E-state index in [1.54, 1.807) is 28.4 Å². The van der Waals surface area contributed by atoms with Crippen molar-refractivity contribution in [2.45, 2.75) is 70.9 Å². The van der Waals surface area contributed by atoms with E-state index in [1.807, 2.05) is 0 Å². The number of methoxy groups -OCH3 is 4. The number of rotatable bonds is 12. The normalized spacial score (nSPS) is 12.4. The Bertz CT molecular complexity index is 491. The minimum Gasteiger partial charge on any atom is -0.352 e. The van der Waals surface area contributed by atoms with E-state index < -0.39 is 12.6 Å². The SMILES string of the molecule is CCCCCCC(C)(C)c1ccc(C(OC)OC)c(C(OC)OC)c1. The van der Waals surface area contributed by atoms with Gasteiger partial charge in [0.25, 0.3) is 0 Å². The van der Waals surface area contributed by atoms with Gasteiger partial charge in [-0.25, -0.2) is 0 Å². The number of unbranched alkanes of at least 4 members (excludes halogenated alkanes) is 3. The molecule has 0 bridgehead atoms. The molecule has 4 nitrogen and oxygen atoms in total. The molecule has 0 aromatic heterocycles. The van der Waals surface area contributed by atoms with Crippen molar-refractivity contribution < 1.29 is 18.9 Å². The van der Waals surface area contributed by atoms with E-state index in [2.05, 4.69) is 39.0 Å². The van der Waals surface area contributed by atoms with Gasteiger partial charge in [0.1, 0.15) is 0 Å². The van der Waals surface area contributed by atoms with Gasteiger partial charge in [0.15, 0.2) is 12.6 Å². The van der Waals surface area contributed by atoms with Crippen LogP contribution in [0.25, 0.3) is 0 Å². The van der Waals surface area contributed by atoms with E-state index in [9.17, 15) is 0 Å². The summed E-state index contributed by atoms with van der Waals surface area (Å²) in [5.41, 5.74) is 3.28. The third-order valence-electron chi connectivity index (χ3n) is 4.89. The smallest absolute Gasteiger partial charge is 0.183 e. The van der Waals surface area contributed by atoms with Crippen molar-refractivity contribution in [3.63, 3.8) is 0 Å². The first-order valence-corrected chi connectivity index (χ1v) is 9.20. The highest BCUT2D eigenvalue weighted by Gasteiger charge is 2.26. The van der Waals surface area contributed by atoms with Crippen LogP contribution in [0.3, 0.4) is 0 Å². The molecule has 1 aromatic rings. The summed E-state index contributed by atoms with van der Waals surface area (Å²) in [7, 11) is 6.57. The Hall–Kier alpha value is -0.940. The van der Waals surface area contributed by atoms with Gasteiger partial charge in [0, 0.05) is 39.6 Å². The molecule has 0 atom stereocenters. The largest absolute Gasteiger partial charge is 0.352 e. The molecule has 0 radical (unpaired) electrons. The van der Waals surface area contributed by atoms with Gasteiger partial charge in [-0.2, -0.15) is 0 Å². The summed E-state index contributed by atoms with van der Waals surface area (Å²) >= 11 is 0. The maximum absolute atomic E-state index is 5.51. The van der Waals surface area contributed by atoms with Crippen LogP contribution in [-0.4, -0.2) is 28.4 Å². The lowest BCUT2D eigenvalue weighted by Crippen LogP contribution is -2.20. The third-order valence-corrected chi connectivity index (χ3v) is 4.89. The molecule has 0 aliphatic heterocycles. The van der Waals surface area contributed by atoms with Gasteiger partial charge < -0.3 is 18.9 Å². The third kappa shape index (κ3) is 6.07. The van der Waals surface area contributed by atoms with E-state index in [4.69, 9.17) is 18.9 Å². The average molecular weight is 353 g/mol. The van der Waals surface area contributed by atoms with Crippen LogP contribution in [0.5, 0.6) is 0 Å². The molecule has 4 heteroatoms. The Labute approximate surface area is 153 Å². The molecular weight excluding hydrogens is 316 g/mol. The first kappa shape index (κ1) is 22.1. The molecule has 0 fully saturated rings. The molecule has 0 saturated heterocycles. The zero-order valence-electron chi connectivity index (χ0n) is 17.1. The fourth-order valence-electron chi connectivity index (χ4n) is 3.25. The van der Waals surface area contributed by atoms with E-state index in [0.717, 1.165) is 17.5 Å². The van der Waals surface area contributed by atoms with Crippen molar-refractivity contribution in [1.82, 2.24) is 0 Å². The second-order valence-corrected chi connectivity index (χ2v) is 7.14. The number of hydrogen-bond donors (Lipinski definition) is 0. The standard InChI is InChI=1S/C21H36O4/c1-8-9-10-11-14-21(2,3)16-12-13-17(19(22-4)23-5)18(15-16)20(24-6)25-7/h12-13,15,19-20H,8-11,14H2,1-7H3. The van der Waals surface area contributed by atoms with Crippen LogP contribution in [0.15, 0.2) is 18.2 Å². The highest BCUT2D eigenvalue weighted by atomic mass is 16.7. The molecule has 0 spiro atoms. The number of benzene rings is 1. The fourth-order valence-corrected chi connectivity index (χ4v) is 3.25. The maximum atomic E-state index is 5.51. The van der Waals surface area contributed by atoms with Gasteiger partial charge in [-0.15, -0.1) is 0 Å². The summed E-state index contributed by atoms with van der Waals surface area (Å²) < 4.78 is 21.9. The van der Waals surface area contributed by atoms with E-state index in [1.165, 1.54) is 31.2 Å². The van der Waals surface area contributed by atoms with Crippen LogP contribution in [0.2, 0.25) is 0 Å². The second kappa shape index (κ2) is 10.9. The molecule has 0 amide bonds. The molecule has 144 valence electrons. The summed E-state index contributed by atoms with van der Waals surface area (Å²) in [6.45, 7) is 6.85. The molecule has 1 rings (SSSR count). The van der Waals surface area contributed by atoms with Crippen molar-refractivity contribution in [1.29, 1.82) is 0 Å². The van der Waals surface area contributed by atoms with Gasteiger partial charge in [-0.1, -0.05) is 58.6 Å². The van der Waals surface area contributed by atoms with Crippen LogP contribution >= 0.6 is 0 Å². The van der Waals surface area contributed by atoms with Crippen LogP contribution in [0.1, 0.15) is 82.1 Å². The van der Waals surface area contributed by atoms with E-state index >= 15 is 0 Å². The fraction of sp³-hybridized carbons (Fsp3) is 0.714. The first-order chi connectivity index (χ1) is 11.9. The topological polar surface area (TPSA) is 36.9 Å². The summed E-state index contributed by atoms with van der Waals surface area (Å²) in [6.07, 6.45) is 5.38. The Kier molecular flexibility index (Phi) is 9.65. The molecule has 0 aliphatic carbocycles. The van der Waals surface area contributed by atoms with Crippen molar-refractivity contribution in [2.75, 3.05) is 28.4 Å². The Balaban J connectivity index is 3.15. The number of hydrogen-bond acceptors (Lipinski definition) is 4. The van der Waals surface area contributed by atoms with Gasteiger partial charge in [0.2, 0.25) is 0 Å². The van der Waals surface area contributed by atoms with Crippen LogP contribution in [-0.2, 0) is 24.4 Å². The molecule has 0 heterocycles. The van der Waals surface area contributed by atoms with Gasteiger partial charge in [-0.3, -0.25) is 0 Å². The maximum Gasteiger partial charge on any atom is 0.183 e. The van der Waals surface area contributed by atoms with Crippen molar-refractivity contribution in [3.05, 3.63) is 34.9 Å². The molecule has 0 unspecified atom stereocenters. The number of ether oxygens (including phenoxy) is 4. The lowest BCUT2D eigenvalue weighted by molar-refractivity contribution is -0.123. The Morgan fingerprint density at radius 1 is 0.800 bits per heavy atom. The van der Waals surface area contributed by atoms with Crippen LogP contribution in [0.4, 0.5) is 0 Å². The predicted octanol–water partition coefficient (Wildman–Crippen LogP) is 5.52. The van der Waals surface area contributed by atoms with Crippen molar-refractivity contribution >= 4 is 0 Å². The highest BCUT2D eigenvalue weighted by molar-refractivity contribution is 5.37. The predicted molar refractivity (Wildman–Crippen MR) is 102 cm³/mol. The van der Waals surface area contributed by atoms with Crippen molar-refractivity contribution in [3.8, 4) is 0 Å². The zero-order valence-corrected chi connectivity index (χ0v) is 17.1. The summed E-state index contributed by atoms with van der Waals surface area (Å²) in [5.74, 6) is 0. The first-order valence-electron chi connectivity index (χ1n) is 9.20. The molecule has 25 heavy (non-hydrogen) atoms. The second-order valence-electron chi connectivity index (χ2n) is 7.14. The van der Waals surface area contributed by atoms with Gasteiger partial charge in [0.05, 0.1) is 0 Å². The molecule has 0 aliphatic rings. The summed E-state index contributed by atoms with van der Waals surface area (Å²) in [6, 6.07) is 6.42.